The molecule has 2 heterocycles. The van der Waals surface area contributed by atoms with Gasteiger partial charge in [0.2, 0.25) is 0 Å². The number of fused-ring (bicyclic) bond motifs is 2. The van der Waals surface area contributed by atoms with Crippen LogP contribution in [0, 0.1) is 11.8 Å². The van der Waals surface area contributed by atoms with E-state index in [0.717, 1.165) is 49.4 Å². The molecule has 0 aliphatic heterocycles. The minimum absolute atomic E-state index is 0.761. The second-order valence-corrected chi connectivity index (χ2v) is 46.2. The van der Waals surface area contributed by atoms with E-state index < -0.39 is 36.8 Å². The zero-order valence-corrected chi connectivity index (χ0v) is 33.4. The first-order valence-corrected chi connectivity index (χ1v) is 36.8. The standard InChI is InChI=1S/C26H36O2S2.6CH3.2Sn/c1-5-9-19(7-3)11-15-27-23-21-13-17-30-26(21)24(22-14-18-29-25(22)23)28-16-12-20(8-4)10-6-2;;;;;;;;/h13-14,19-20H,5-12,15-16H2,1-4H3;6*1H3;;. The van der Waals surface area contributed by atoms with Crippen LogP contribution in [0.3, 0.4) is 0 Å². The molecule has 0 aliphatic carbocycles. The number of thiophene rings is 2. The Bertz CT molecular complexity index is 1020. The van der Waals surface area contributed by atoms with E-state index in [1.807, 2.05) is 22.7 Å². The second-order valence-electron chi connectivity index (χ2n) is 13.3. The molecule has 0 N–H and O–H groups in total. The van der Waals surface area contributed by atoms with Gasteiger partial charge in [0.15, 0.2) is 0 Å². The van der Waals surface area contributed by atoms with Gasteiger partial charge >= 0.3 is 252 Å². The molecule has 2 nitrogen and oxygen atoms in total. The van der Waals surface area contributed by atoms with Crippen molar-refractivity contribution in [3.8, 4) is 11.5 Å². The molecule has 2 unspecified atom stereocenters. The Balaban J connectivity index is 2.12. The molecule has 2 atom stereocenters. The summed E-state index contributed by atoms with van der Waals surface area (Å²) >= 11 is -0.514. The van der Waals surface area contributed by atoms with Crippen LogP contribution in [0.1, 0.15) is 79.1 Å². The van der Waals surface area contributed by atoms with Crippen molar-refractivity contribution in [1.29, 1.82) is 0 Å². The molecule has 0 fully saturated rings. The van der Waals surface area contributed by atoms with Crippen LogP contribution in [0.15, 0.2) is 12.1 Å². The SMILES string of the molecule is CCCC(CC)CCOc1c2c[c]([Sn]([CH3])([CH3])[CH3])sc2c(OCCC(CC)CCC)c2c[c]([Sn]([CH3])([CH3])[CH3])sc12. The van der Waals surface area contributed by atoms with Crippen molar-refractivity contribution in [2.75, 3.05) is 13.2 Å². The zero-order valence-electron chi connectivity index (χ0n) is 26.0. The molecule has 0 saturated carbocycles. The Morgan fingerprint density at radius 1 is 0.605 bits per heavy atom. The van der Waals surface area contributed by atoms with E-state index in [1.165, 1.54) is 58.7 Å². The Kier molecular flexibility index (Phi) is 12.5. The molecule has 214 valence electrons. The molecule has 2 aromatic heterocycles. The summed E-state index contributed by atoms with van der Waals surface area (Å²) in [5.74, 6) is 3.82. The van der Waals surface area contributed by atoms with E-state index >= 15 is 0 Å². The van der Waals surface area contributed by atoms with Gasteiger partial charge in [-0.3, -0.25) is 0 Å². The fourth-order valence-corrected chi connectivity index (χ4v) is 18.0. The van der Waals surface area contributed by atoms with Crippen molar-refractivity contribution < 1.29 is 9.47 Å². The molecule has 0 spiro atoms. The van der Waals surface area contributed by atoms with Gasteiger partial charge in [0, 0.05) is 0 Å². The van der Waals surface area contributed by atoms with Gasteiger partial charge in [0.05, 0.1) is 0 Å². The molecule has 6 heteroatoms. The first-order chi connectivity index (χ1) is 17.9. The second kappa shape index (κ2) is 14.5. The van der Waals surface area contributed by atoms with Crippen molar-refractivity contribution in [3.63, 3.8) is 0 Å². The maximum atomic E-state index is 6.82. The van der Waals surface area contributed by atoms with E-state index in [4.69, 9.17) is 9.47 Å². The molecule has 0 saturated heterocycles. The van der Waals surface area contributed by atoms with Gasteiger partial charge in [-0.2, -0.15) is 0 Å². The molecule has 0 radical (unpaired) electrons. The summed E-state index contributed by atoms with van der Waals surface area (Å²) in [6.45, 7) is 10.9. The Labute approximate surface area is 250 Å². The van der Waals surface area contributed by atoms with Gasteiger partial charge in [-0.1, -0.05) is 0 Å². The normalized spacial score (nSPS) is 14.4. The average Bonchev–Trinajstić information content (AvgIpc) is 3.49. The summed E-state index contributed by atoms with van der Waals surface area (Å²) in [5.41, 5.74) is 0. The van der Waals surface area contributed by atoms with Crippen molar-refractivity contribution >= 4 is 85.4 Å². The van der Waals surface area contributed by atoms with E-state index in [9.17, 15) is 0 Å². The molecule has 0 aliphatic rings. The summed E-state index contributed by atoms with van der Waals surface area (Å²) in [6, 6.07) is 5.01. The topological polar surface area (TPSA) is 18.5 Å². The van der Waals surface area contributed by atoms with Gasteiger partial charge < -0.3 is 0 Å². The van der Waals surface area contributed by atoms with Crippen molar-refractivity contribution in [1.82, 2.24) is 0 Å². The van der Waals surface area contributed by atoms with E-state index in [1.54, 1.807) is 5.79 Å². The molecule has 1 aromatic carbocycles. The zero-order chi connectivity index (χ0) is 28.1. The van der Waals surface area contributed by atoms with Crippen LogP contribution < -0.4 is 15.3 Å². The third-order valence-electron chi connectivity index (χ3n) is 7.94. The third-order valence-corrected chi connectivity index (χ3v) is 29.1. The predicted octanol–water partition coefficient (Wildman–Crippen LogP) is 10.4. The summed E-state index contributed by atoms with van der Waals surface area (Å²) < 4.78 is 19.6. The van der Waals surface area contributed by atoms with Crippen LogP contribution in [0.5, 0.6) is 11.5 Å². The molecule has 0 amide bonds. The molecule has 3 rings (SSSR count). The van der Waals surface area contributed by atoms with Crippen LogP contribution in [0.2, 0.25) is 29.6 Å². The molecule has 3 aromatic rings. The molecule has 0 bridgehead atoms. The first-order valence-electron chi connectivity index (χ1n) is 15.2. The van der Waals surface area contributed by atoms with E-state index in [2.05, 4.69) is 69.5 Å². The molecule has 38 heavy (non-hydrogen) atoms. The molecular weight excluding hydrogens is 718 g/mol. The average molecular weight is 772 g/mol. The van der Waals surface area contributed by atoms with E-state index in [-0.39, 0.29) is 0 Å². The minimum atomic E-state index is -2.27. The number of ether oxygens (including phenoxy) is 2. The van der Waals surface area contributed by atoms with Crippen LogP contribution in [0.4, 0.5) is 0 Å². The number of rotatable bonds is 16. The molecular formula is C32H54O2S2Sn2. The predicted molar refractivity (Wildman–Crippen MR) is 181 cm³/mol. The fourth-order valence-electron chi connectivity index (χ4n) is 5.30. The summed E-state index contributed by atoms with van der Waals surface area (Å²) in [5, 5.41) is 2.64. The van der Waals surface area contributed by atoms with Crippen molar-refractivity contribution in [2.45, 2.75) is 109 Å². The number of benzene rings is 1. The quantitative estimate of drug-likeness (QED) is 0.135. The van der Waals surface area contributed by atoms with Gasteiger partial charge in [-0.25, -0.2) is 0 Å². The van der Waals surface area contributed by atoms with Crippen molar-refractivity contribution in [3.05, 3.63) is 12.1 Å². The van der Waals surface area contributed by atoms with Crippen LogP contribution >= 0.6 is 22.7 Å². The summed E-state index contributed by atoms with van der Waals surface area (Å²) in [7, 11) is 0. The Morgan fingerprint density at radius 3 is 1.26 bits per heavy atom. The number of hydrogen-bond acceptors (Lipinski definition) is 4. The summed E-state index contributed by atoms with van der Waals surface area (Å²) in [6.07, 6.45) is 9.91. The summed E-state index contributed by atoms with van der Waals surface area (Å²) in [4.78, 5) is 15.2. The Morgan fingerprint density at radius 2 is 0.974 bits per heavy atom. The van der Waals surface area contributed by atoms with E-state index in [0.29, 0.717) is 0 Å². The van der Waals surface area contributed by atoms with Crippen molar-refractivity contribution in [2.24, 2.45) is 11.8 Å². The van der Waals surface area contributed by atoms with Crippen LogP contribution in [0.25, 0.3) is 20.2 Å². The van der Waals surface area contributed by atoms with Gasteiger partial charge in [-0.05, 0) is 0 Å². The van der Waals surface area contributed by atoms with Crippen LogP contribution in [-0.2, 0) is 0 Å². The maximum absolute atomic E-state index is 6.82. The van der Waals surface area contributed by atoms with Gasteiger partial charge in [-0.15, -0.1) is 0 Å². The van der Waals surface area contributed by atoms with Crippen LogP contribution in [-0.4, -0.2) is 50.0 Å². The first kappa shape index (κ1) is 32.8. The third kappa shape index (κ3) is 8.21. The van der Waals surface area contributed by atoms with Gasteiger partial charge in [0.25, 0.3) is 0 Å². The Hall–Kier alpha value is 0.337. The van der Waals surface area contributed by atoms with Gasteiger partial charge in [0.1, 0.15) is 0 Å². The fraction of sp³-hybridized carbons (Fsp3) is 0.688. The monoisotopic (exact) mass is 774 g/mol. The number of hydrogen-bond donors (Lipinski definition) is 0.